The van der Waals surface area contributed by atoms with E-state index in [9.17, 15) is 23.5 Å². The summed E-state index contributed by atoms with van der Waals surface area (Å²) in [4.78, 5) is 31.2. The molecule has 0 aliphatic carbocycles. The number of hydrogen-bond acceptors (Lipinski definition) is 6. The van der Waals surface area contributed by atoms with Crippen LogP contribution in [-0.2, 0) is 9.59 Å². The van der Waals surface area contributed by atoms with Gasteiger partial charge in [0.2, 0.25) is 0 Å². The van der Waals surface area contributed by atoms with Crippen LogP contribution in [0.15, 0.2) is 66.5 Å². The first-order valence-electron chi connectivity index (χ1n) is 10.9. The van der Waals surface area contributed by atoms with E-state index in [4.69, 9.17) is 9.47 Å². The maximum atomic E-state index is 14.7. The number of amides is 1. The molecule has 9 heteroatoms. The van der Waals surface area contributed by atoms with E-state index in [1.165, 1.54) is 18.5 Å². The molecule has 0 radical (unpaired) electrons. The number of aliphatic hydroxyl groups is 1. The lowest BCUT2D eigenvalue weighted by Gasteiger charge is -2.25. The molecule has 0 spiro atoms. The molecular weight excluding hydrogens is 458 g/mol. The number of rotatable bonds is 7. The maximum Gasteiger partial charge on any atom is 0.300 e. The van der Waals surface area contributed by atoms with Crippen molar-refractivity contribution in [1.82, 2.24) is 4.98 Å². The van der Waals surface area contributed by atoms with E-state index in [0.29, 0.717) is 17.9 Å². The molecule has 1 aromatic heterocycles. The standard InChI is InChI=1S/C26H22F2N2O5/c1-3-34-17-8-9-18(21(13-17)35-4-2)24(31)22-23(15-6-5-11-29-14-15)30(26(33)25(22)32)20-12-16(27)7-10-19(20)28/h5-14,23,31H,3-4H2,1-2H3/b24-22-. The van der Waals surface area contributed by atoms with Gasteiger partial charge >= 0.3 is 0 Å². The van der Waals surface area contributed by atoms with Crippen LogP contribution in [-0.4, -0.2) is 35.0 Å². The number of aliphatic hydroxyl groups excluding tert-OH is 1. The van der Waals surface area contributed by atoms with Crippen molar-refractivity contribution in [3.05, 3.63) is 89.3 Å². The Labute approximate surface area is 200 Å². The van der Waals surface area contributed by atoms with Crippen LogP contribution < -0.4 is 14.4 Å². The summed E-state index contributed by atoms with van der Waals surface area (Å²) < 4.78 is 39.9. The molecule has 1 unspecified atom stereocenters. The Hall–Kier alpha value is -4.27. The minimum Gasteiger partial charge on any atom is -0.507 e. The smallest absolute Gasteiger partial charge is 0.300 e. The molecule has 1 saturated heterocycles. The zero-order valence-corrected chi connectivity index (χ0v) is 19.0. The highest BCUT2D eigenvalue weighted by atomic mass is 19.1. The number of halogens is 2. The molecule has 3 aromatic rings. The van der Waals surface area contributed by atoms with E-state index in [-0.39, 0.29) is 23.5 Å². The summed E-state index contributed by atoms with van der Waals surface area (Å²) in [5, 5.41) is 11.3. The van der Waals surface area contributed by atoms with Crippen LogP contribution in [0.1, 0.15) is 31.0 Å². The second-order valence-corrected chi connectivity index (χ2v) is 7.58. The number of nitrogens with zero attached hydrogens (tertiary/aromatic N) is 2. The SMILES string of the molecule is CCOc1ccc(/C(O)=C2/C(=O)C(=O)N(c3cc(F)ccc3F)C2c2cccnc2)c(OCC)c1. The monoisotopic (exact) mass is 480 g/mol. The number of pyridine rings is 1. The van der Waals surface area contributed by atoms with E-state index in [0.717, 1.165) is 23.1 Å². The summed E-state index contributed by atoms with van der Waals surface area (Å²) in [6.45, 7) is 4.22. The fraction of sp³-hybridized carbons (Fsp3) is 0.192. The van der Waals surface area contributed by atoms with E-state index in [1.54, 1.807) is 31.2 Å². The third kappa shape index (κ3) is 4.44. The normalized spacial score (nSPS) is 17.0. The van der Waals surface area contributed by atoms with Gasteiger partial charge in [0, 0.05) is 24.5 Å². The Balaban J connectivity index is 1.96. The van der Waals surface area contributed by atoms with Crippen LogP contribution in [0.4, 0.5) is 14.5 Å². The largest absolute Gasteiger partial charge is 0.507 e. The average Bonchev–Trinajstić information content (AvgIpc) is 3.12. The minimum atomic E-state index is -1.26. The molecule has 7 nitrogen and oxygen atoms in total. The fourth-order valence-electron chi connectivity index (χ4n) is 3.98. The summed E-state index contributed by atoms with van der Waals surface area (Å²) in [5.41, 5.74) is -0.281. The molecule has 2 heterocycles. The Bertz CT molecular complexity index is 1310. The van der Waals surface area contributed by atoms with Crippen LogP contribution >= 0.6 is 0 Å². The van der Waals surface area contributed by atoms with Crippen LogP contribution in [0.2, 0.25) is 0 Å². The molecule has 1 aliphatic heterocycles. The van der Waals surface area contributed by atoms with Crippen molar-refractivity contribution in [2.24, 2.45) is 0 Å². The highest BCUT2D eigenvalue weighted by molar-refractivity contribution is 6.51. The molecule has 0 bridgehead atoms. The van der Waals surface area contributed by atoms with Crippen molar-refractivity contribution in [2.45, 2.75) is 19.9 Å². The Morgan fingerprint density at radius 2 is 1.83 bits per heavy atom. The first-order chi connectivity index (χ1) is 16.9. The fourth-order valence-corrected chi connectivity index (χ4v) is 3.98. The molecule has 4 rings (SSSR count). The molecule has 180 valence electrons. The van der Waals surface area contributed by atoms with Crippen LogP contribution in [0.25, 0.3) is 5.76 Å². The second-order valence-electron chi connectivity index (χ2n) is 7.58. The first kappa shape index (κ1) is 23.9. The molecule has 1 N–H and O–H groups in total. The van der Waals surface area contributed by atoms with Crippen LogP contribution in [0, 0.1) is 11.6 Å². The summed E-state index contributed by atoms with van der Waals surface area (Å²) in [6, 6.07) is 9.12. The lowest BCUT2D eigenvalue weighted by atomic mass is 9.95. The lowest BCUT2D eigenvalue weighted by molar-refractivity contribution is -0.132. The van der Waals surface area contributed by atoms with Crippen molar-refractivity contribution in [3.8, 4) is 11.5 Å². The van der Waals surface area contributed by atoms with E-state index < -0.39 is 40.8 Å². The number of benzene rings is 2. The summed E-state index contributed by atoms with van der Waals surface area (Å²) >= 11 is 0. The van der Waals surface area contributed by atoms with Gasteiger partial charge in [0.05, 0.1) is 36.1 Å². The van der Waals surface area contributed by atoms with E-state index in [2.05, 4.69) is 4.98 Å². The van der Waals surface area contributed by atoms with Gasteiger partial charge < -0.3 is 14.6 Å². The predicted molar refractivity (Wildman–Crippen MR) is 124 cm³/mol. The molecule has 1 amide bonds. The molecule has 0 saturated carbocycles. The number of ketones is 1. The van der Waals surface area contributed by atoms with Gasteiger partial charge in [-0.25, -0.2) is 8.78 Å². The van der Waals surface area contributed by atoms with Gasteiger partial charge in [0.1, 0.15) is 28.9 Å². The first-order valence-corrected chi connectivity index (χ1v) is 10.9. The third-order valence-electron chi connectivity index (χ3n) is 5.43. The van der Waals surface area contributed by atoms with Crippen molar-refractivity contribution in [1.29, 1.82) is 0 Å². The van der Waals surface area contributed by atoms with Gasteiger partial charge in [0.25, 0.3) is 11.7 Å². The van der Waals surface area contributed by atoms with Crippen LogP contribution in [0.5, 0.6) is 11.5 Å². The molecule has 1 atom stereocenters. The second kappa shape index (κ2) is 9.92. The van der Waals surface area contributed by atoms with Crippen molar-refractivity contribution in [2.75, 3.05) is 18.1 Å². The molecule has 35 heavy (non-hydrogen) atoms. The number of carbonyl (C=O) groups excluding carboxylic acids is 2. The summed E-state index contributed by atoms with van der Waals surface area (Å²) in [5.74, 6) is -3.69. The molecule has 2 aromatic carbocycles. The number of anilines is 1. The highest BCUT2D eigenvalue weighted by Gasteiger charge is 2.48. The maximum absolute atomic E-state index is 14.7. The number of hydrogen-bond donors (Lipinski definition) is 1. The number of carbonyl (C=O) groups is 2. The number of ether oxygens (including phenoxy) is 2. The van der Waals surface area contributed by atoms with Gasteiger partial charge in [-0.1, -0.05) is 6.07 Å². The van der Waals surface area contributed by atoms with Gasteiger partial charge in [-0.2, -0.15) is 0 Å². The Morgan fingerprint density at radius 3 is 2.51 bits per heavy atom. The number of aromatic nitrogens is 1. The zero-order chi connectivity index (χ0) is 25.1. The molecule has 1 fully saturated rings. The van der Waals surface area contributed by atoms with Gasteiger partial charge in [0.15, 0.2) is 0 Å². The third-order valence-corrected chi connectivity index (χ3v) is 5.43. The quantitative estimate of drug-likeness (QED) is 0.297. The predicted octanol–water partition coefficient (Wildman–Crippen LogP) is 4.78. The molecular formula is C26H22F2N2O5. The number of Topliss-reactive ketones (excluding diaryl/α,β-unsaturated/α-hetero) is 1. The van der Waals surface area contributed by atoms with Crippen molar-refractivity contribution < 1.29 is 33.0 Å². The van der Waals surface area contributed by atoms with Crippen molar-refractivity contribution in [3.63, 3.8) is 0 Å². The average molecular weight is 480 g/mol. The zero-order valence-electron chi connectivity index (χ0n) is 19.0. The minimum absolute atomic E-state index is 0.141. The molecule has 1 aliphatic rings. The van der Waals surface area contributed by atoms with Gasteiger partial charge in [-0.05, 0) is 49.7 Å². The Kier molecular flexibility index (Phi) is 6.77. The lowest BCUT2D eigenvalue weighted by Crippen LogP contribution is -2.30. The summed E-state index contributed by atoms with van der Waals surface area (Å²) in [6.07, 6.45) is 2.87. The van der Waals surface area contributed by atoms with E-state index >= 15 is 0 Å². The van der Waals surface area contributed by atoms with E-state index in [1.807, 2.05) is 6.92 Å². The van der Waals surface area contributed by atoms with Gasteiger partial charge in [-0.15, -0.1) is 0 Å². The van der Waals surface area contributed by atoms with Crippen LogP contribution in [0.3, 0.4) is 0 Å². The highest BCUT2D eigenvalue weighted by Crippen LogP contribution is 2.44. The summed E-state index contributed by atoms with van der Waals surface area (Å²) in [7, 11) is 0. The van der Waals surface area contributed by atoms with Crippen molar-refractivity contribution >= 4 is 23.1 Å². The topological polar surface area (TPSA) is 89.0 Å². The van der Waals surface area contributed by atoms with Gasteiger partial charge in [-0.3, -0.25) is 19.5 Å². The Morgan fingerprint density at radius 1 is 1.06 bits per heavy atom.